The molecule has 1 aliphatic carbocycles. The molecule has 0 atom stereocenters. The predicted molar refractivity (Wildman–Crippen MR) is 78.9 cm³/mol. The maximum Gasteiger partial charge on any atom is 0.232 e. The average Bonchev–Trinajstić information content (AvgIpc) is 2.32. The van der Waals surface area contributed by atoms with Crippen LogP contribution in [0.2, 0.25) is 0 Å². The molecule has 5 nitrogen and oxygen atoms in total. The Morgan fingerprint density at radius 3 is 2.43 bits per heavy atom. The van der Waals surface area contributed by atoms with E-state index in [4.69, 9.17) is 0 Å². The number of halogens is 1. The minimum absolute atomic E-state index is 0.0196. The van der Waals surface area contributed by atoms with Gasteiger partial charge < -0.3 is 5.32 Å². The molecule has 0 aliphatic heterocycles. The number of sulfonamides is 1. The van der Waals surface area contributed by atoms with Gasteiger partial charge in [-0.2, -0.15) is 0 Å². The third kappa shape index (κ3) is 4.17. The molecule has 116 valence electrons. The molecule has 1 saturated carbocycles. The Labute approximate surface area is 124 Å². The zero-order valence-corrected chi connectivity index (χ0v) is 12.7. The number of hydrogen-bond acceptors (Lipinski definition) is 3. The summed E-state index contributed by atoms with van der Waals surface area (Å²) in [5.74, 6) is -0.373. The van der Waals surface area contributed by atoms with Crippen molar-refractivity contribution in [3.05, 3.63) is 30.1 Å². The van der Waals surface area contributed by atoms with Crippen molar-refractivity contribution in [3.63, 3.8) is 0 Å². The van der Waals surface area contributed by atoms with Crippen LogP contribution in [0.4, 0.5) is 10.1 Å². The Hall–Kier alpha value is -1.63. The summed E-state index contributed by atoms with van der Waals surface area (Å²) < 4.78 is 37.7. The van der Waals surface area contributed by atoms with Gasteiger partial charge in [-0.25, -0.2) is 12.8 Å². The molecule has 1 aliphatic rings. The highest BCUT2D eigenvalue weighted by Gasteiger charge is 2.25. The molecular formula is C14H19FN2O3S. The Morgan fingerprint density at radius 1 is 1.33 bits per heavy atom. The number of carbonyl (C=O) groups excluding carboxylic acids is 1. The fourth-order valence-corrected chi connectivity index (χ4v) is 3.12. The number of hydrogen-bond donors (Lipinski definition) is 1. The molecule has 0 aromatic heterocycles. The Morgan fingerprint density at radius 2 is 1.95 bits per heavy atom. The number of benzene rings is 1. The van der Waals surface area contributed by atoms with E-state index in [0.29, 0.717) is 5.69 Å². The Bertz CT molecular complexity index is 597. The second-order valence-electron chi connectivity index (χ2n) is 5.23. The standard InChI is InChI=1S/C14H19FN2O3S/c1-21(19,20)17(13-7-5-12(15)6-8-13)10-9-16-14(18)11-3-2-4-11/h5-8,11H,2-4,9-10H2,1H3,(H,16,18). The van der Waals surface area contributed by atoms with Crippen LogP contribution in [0.5, 0.6) is 0 Å². The van der Waals surface area contributed by atoms with Crippen LogP contribution in [0.1, 0.15) is 19.3 Å². The summed E-state index contributed by atoms with van der Waals surface area (Å²) >= 11 is 0. The van der Waals surface area contributed by atoms with Gasteiger partial charge >= 0.3 is 0 Å². The molecule has 1 aromatic carbocycles. The van der Waals surface area contributed by atoms with Crippen molar-refractivity contribution in [1.82, 2.24) is 5.32 Å². The second-order valence-corrected chi connectivity index (χ2v) is 7.14. The zero-order chi connectivity index (χ0) is 15.5. The Kier molecular flexibility index (Phi) is 4.82. The van der Waals surface area contributed by atoms with Crippen molar-refractivity contribution in [1.29, 1.82) is 0 Å². The van der Waals surface area contributed by atoms with E-state index in [-0.39, 0.29) is 24.9 Å². The van der Waals surface area contributed by atoms with Gasteiger partial charge in [0.05, 0.1) is 18.5 Å². The van der Waals surface area contributed by atoms with Crippen molar-refractivity contribution in [2.45, 2.75) is 19.3 Å². The van der Waals surface area contributed by atoms with Crippen LogP contribution in [0, 0.1) is 11.7 Å². The molecule has 1 fully saturated rings. The molecule has 7 heteroatoms. The molecule has 1 N–H and O–H groups in total. The lowest BCUT2D eigenvalue weighted by Crippen LogP contribution is -2.41. The number of amides is 1. The van der Waals surface area contributed by atoms with E-state index in [1.54, 1.807) is 0 Å². The van der Waals surface area contributed by atoms with Crippen LogP contribution in [0.25, 0.3) is 0 Å². The van der Waals surface area contributed by atoms with Crippen molar-refractivity contribution < 1.29 is 17.6 Å². The minimum atomic E-state index is -3.48. The third-order valence-corrected chi connectivity index (χ3v) is 4.80. The van der Waals surface area contributed by atoms with Gasteiger partial charge in [0, 0.05) is 12.5 Å². The van der Waals surface area contributed by atoms with Crippen LogP contribution in [-0.4, -0.2) is 33.7 Å². The van der Waals surface area contributed by atoms with Gasteiger partial charge in [-0.15, -0.1) is 0 Å². The van der Waals surface area contributed by atoms with Gasteiger partial charge in [-0.05, 0) is 37.1 Å². The molecular weight excluding hydrogens is 295 g/mol. The van der Waals surface area contributed by atoms with E-state index >= 15 is 0 Å². The quantitative estimate of drug-likeness (QED) is 0.865. The van der Waals surface area contributed by atoms with Crippen LogP contribution >= 0.6 is 0 Å². The van der Waals surface area contributed by atoms with E-state index in [1.807, 2.05) is 0 Å². The smallest absolute Gasteiger partial charge is 0.232 e. The SMILES string of the molecule is CS(=O)(=O)N(CCNC(=O)C1CCC1)c1ccc(F)cc1. The second kappa shape index (κ2) is 6.43. The number of carbonyl (C=O) groups is 1. The summed E-state index contributed by atoms with van der Waals surface area (Å²) in [5.41, 5.74) is 0.386. The largest absolute Gasteiger partial charge is 0.354 e. The highest BCUT2D eigenvalue weighted by atomic mass is 32.2. The van der Waals surface area contributed by atoms with Gasteiger partial charge in [-0.1, -0.05) is 6.42 Å². The summed E-state index contributed by atoms with van der Waals surface area (Å²) in [5, 5.41) is 2.75. The van der Waals surface area contributed by atoms with Crippen LogP contribution in [0.3, 0.4) is 0 Å². The maximum atomic E-state index is 12.9. The first-order chi connectivity index (χ1) is 9.88. The number of rotatable bonds is 6. The van der Waals surface area contributed by atoms with Crippen molar-refractivity contribution in [2.75, 3.05) is 23.7 Å². The topological polar surface area (TPSA) is 66.5 Å². The van der Waals surface area contributed by atoms with Gasteiger partial charge in [-0.3, -0.25) is 9.10 Å². The van der Waals surface area contributed by atoms with E-state index in [2.05, 4.69) is 5.32 Å². The molecule has 0 spiro atoms. The summed E-state index contributed by atoms with van der Waals surface area (Å²) in [4.78, 5) is 11.7. The van der Waals surface area contributed by atoms with E-state index in [9.17, 15) is 17.6 Å². The van der Waals surface area contributed by atoms with Gasteiger partial charge in [0.1, 0.15) is 5.82 Å². The molecule has 1 amide bonds. The van der Waals surface area contributed by atoms with Crippen molar-refractivity contribution in [3.8, 4) is 0 Å². The normalized spacial score (nSPS) is 15.3. The maximum absolute atomic E-state index is 12.9. The monoisotopic (exact) mass is 314 g/mol. The van der Waals surface area contributed by atoms with E-state index < -0.39 is 15.8 Å². The summed E-state index contributed by atoms with van der Waals surface area (Å²) in [6.45, 7) is 0.364. The molecule has 0 saturated heterocycles. The van der Waals surface area contributed by atoms with Crippen LogP contribution in [-0.2, 0) is 14.8 Å². The summed E-state index contributed by atoms with van der Waals surface area (Å²) in [6, 6.07) is 5.23. The highest BCUT2D eigenvalue weighted by Crippen LogP contribution is 2.26. The zero-order valence-electron chi connectivity index (χ0n) is 11.9. The average molecular weight is 314 g/mol. The fraction of sp³-hybridized carbons (Fsp3) is 0.500. The first-order valence-electron chi connectivity index (χ1n) is 6.89. The molecule has 2 rings (SSSR count). The predicted octanol–water partition coefficient (Wildman–Crippen LogP) is 1.51. The van der Waals surface area contributed by atoms with E-state index in [0.717, 1.165) is 29.8 Å². The molecule has 21 heavy (non-hydrogen) atoms. The Balaban J connectivity index is 1.97. The number of nitrogens with one attached hydrogen (secondary N) is 1. The minimum Gasteiger partial charge on any atom is -0.354 e. The molecule has 1 aromatic rings. The lowest BCUT2D eigenvalue weighted by atomic mass is 9.85. The van der Waals surface area contributed by atoms with Gasteiger partial charge in [0.2, 0.25) is 15.9 Å². The lowest BCUT2D eigenvalue weighted by molar-refractivity contribution is -0.127. The van der Waals surface area contributed by atoms with Gasteiger partial charge in [0.25, 0.3) is 0 Å². The first-order valence-corrected chi connectivity index (χ1v) is 8.74. The summed E-state index contributed by atoms with van der Waals surface area (Å²) in [6.07, 6.45) is 3.96. The first kappa shape index (κ1) is 15.8. The summed E-state index contributed by atoms with van der Waals surface area (Å²) in [7, 11) is -3.48. The van der Waals surface area contributed by atoms with E-state index in [1.165, 1.54) is 24.3 Å². The number of anilines is 1. The number of nitrogens with zero attached hydrogens (tertiary/aromatic N) is 1. The molecule has 0 radical (unpaired) electrons. The third-order valence-electron chi connectivity index (χ3n) is 3.61. The molecule has 0 heterocycles. The van der Waals surface area contributed by atoms with Crippen LogP contribution < -0.4 is 9.62 Å². The van der Waals surface area contributed by atoms with Crippen molar-refractivity contribution in [2.24, 2.45) is 5.92 Å². The van der Waals surface area contributed by atoms with Crippen molar-refractivity contribution >= 4 is 21.6 Å². The molecule has 0 bridgehead atoms. The van der Waals surface area contributed by atoms with Crippen LogP contribution in [0.15, 0.2) is 24.3 Å². The molecule has 0 unspecified atom stereocenters. The van der Waals surface area contributed by atoms with Gasteiger partial charge in [0.15, 0.2) is 0 Å². The highest BCUT2D eigenvalue weighted by molar-refractivity contribution is 7.92. The lowest BCUT2D eigenvalue weighted by Gasteiger charge is -2.26. The fourth-order valence-electron chi connectivity index (χ4n) is 2.19.